The van der Waals surface area contributed by atoms with Gasteiger partial charge in [-0.1, -0.05) is 18.2 Å². The maximum Gasteiger partial charge on any atom is 0.0702 e. The van der Waals surface area contributed by atoms with Crippen molar-refractivity contribution in [2.24, 2.45) is 4.99 Å². The van der Waals surface area contributed by atoms with Gasteiger partial charge in [-0.3, -0.25) is 4.99 Å². The van der Waals surface area contributed by atoms with Crippen molar-refractivity contribution in [1.82, 2.24) is 0 Å². The number of rotatable bonds is 3. The number of carboxylic acid groups (broad SMARTS) is 1. The zero-order chi connectivity index (χ0) is 10.8. The molecule has 1 aromatic carbocycles. The Morgan fingerprint density at radius 3 is 3.00 bits per heavy atom. The minimum Gasteiger partial charge on any atom is -0.549 e. The second kappa shape index (κ2) is 4.06. The molecule has 2 rings (SSSR count). The highest BCUT2D eigenvalue weighted by atomic mass is 32.2. The SMILES string of the molecule is CC1=Nc2ccccc2[C@H]1SCC(=O)[O-]. The van der Waals surface area contributed by atoms with Gasteiger partial charge in [-0.25, -0.2) is 0 Å². The first-order valence-electron chi connectivity index (χ1n) is 4.64. The normalized spacial score (nSPS) is 18.5. The molecule has 0 unspecified atom stereocenters. The van der Waals surface area contributed by atoms with Crippen molar-refractivity contribution in [3.05, 3.63) is 29.8 Å². The van der Waals surface area contributed by atoms with E-state index in [2.05, 4.69) is 4.99 Å². The Hall–Kier alpha value is -1.29. The van der Waals surface area contributed by atoms with Crippen LogP contribution in [0.3, 0.4) is 0 Å². The van der Waals surface area contributed by atoms with Gasteiger partial charge in [0.2, 0.25) is 0 Å². The number of carboxylic acids is 1. The third-order valence-corrected chi connectivity index (χ3v) is 3.59. The van der Waals surface area contributed by atoms with Crippen LogP contribution in [0.1, 0.15) is 17.7 Å². The molecule has 0 saturated heterocycles. The van der Waals surface area contributed by atoms with E-state index in [1.165, 1.54) is 11.8 Å². The topological polar surface area (TPSA) is 52.5 Å². The van der Waals surface area contributed by atoms with Crippen molar-refractivity contribution < 1.29 is 9.90 Å². The Kier molecular flexibility index (Phi) is 2.77. The molecule has 0 N–H and O–H groups in total. The second-order valence-corrected chi connectivity index (χ2v) is 4.47. The maximum absolute atomic E-state index is 10.4. The van der Waals surface area contributed by atoms with E-state index in [1.54, 1.807) is 0 Å². The molecule has 0 bridgehead atoms. The van der Waals surface area contributed by atoms with Crippen LogP contribution >= 0.6 is 11.8 Å². The Morgan fingerprint density at radius 2 is 2.27 bits per heavy atom. The summed E-state index contributed by atoms with van der Waals surface area (Å²) < 4.78 is 0. The van der Waals surface area contributed by atoms with Crippen LogP contribution in [-0.4, -0.2) is 17.4 Å². The zero-order valence-electron chi connectivity index (χ0n) is 8.27. The number of nitrogens with zero attached hydrogens (tertiary/aromatic N) is 1. The summed E-state index contributed by atoms with van der Waals surface area (Å²) in [5.41, 5.74) is 3.01. The fourth-order valence-corrected chi connectivity index (χ4v) is 2.62. The minimum atomic E-state index is -1.03. The molecule has 15 heavy (non-hydrogen) atoms. The highest BCUT2D eigenvalue weighted by molar-refractivity contribution is 8.00. The first kappa shape index (κ1) is 10.2. The zero-order valence-corrected chi connectivity index (χ0v) is 9.08. The smallest absolute Gasteiger partial charge is 0.0702 e. The van der Waals surface area contributed by atoms with E-state index >= 15 is 0 Å². The second-order valence-electron chi connectivity index (χ2n) is 3.38. The molecule has 3 nitrogen and oxygen atoms in total. The van der Waals surface area contributed by atoms with Gasteiger partial charge < -0.3 is 9.90 Å². The van der Waals surface area contributed by atoms with E-state index in [4.69, 9.17) is 0 Å². The largest absolute Gasteiger partial charge is 0.549 e. The fourth-order valence-electron chi connectivity index (χ4n) is 1.65. The number of thioether (sulfide) groups is 1. The molecule has 1 heterocycles. The highest BCUT2D eigenvalue weighted by Crippen LogP contribution is 2.41. The Labute approximate surface area is 92.2 Å². The van der Waals surface area contributed by atoms with Crippen molar-refractivity contribution in [2.75, 3.05) is 5.75 Å². The molecule has 0 aromatic heterocycles. The lowest BCUT2D eigenvalue weighted by molar-refractivity contribution is -0.301. The lowest BCUT2D eigenvalue weighted by Gasteiger charge is -2.12. The number of carbonyl (C=O) groups is 1. The molecule has 78 valence electrons. The van der Waals surface area contributed by atoms with Gasteiger partial charge in [0.05, 0.1) is 16.9 Å². The molecule has 0 aliphatic carbocycles. The van der Waals surface area contributed by atoms with Crippen LogP contribution in [0, 0.1) is 0 Å². The average Bonchev–Trinajstić information content (AvgIpc) is 2.50. The molecule has 4 heteroatoms. The maximum atomic E-state index is 10.4. The van der Waals surface area contributed by atoms with Gasteiger partial charge >= 0.3 is 0 Å². The van der Waals surface area contributed by atoms with Crippen LogP contribution in [0.4, 0.5) is 5.69 Å². The van der Waals surface area contributed by atoms with Gasteiger partial charge in [0.25, 0.3) is 0 Å². The summed E-state index contributed by atoms with van der Waals surface area (Å²) >= 11 is 1.35. The van der Waals surface area contributed by atoms with Crippen molar-refractivity contribution in [3.8, 4) is 0 Å². The van der Waals surface area contributed by atoms with E-state index in [0.29, 0.717) is 0 Å². The molecule has 0 fully saturated rings. The summed E-state index contributed by atoms with van der Waals surface area (Å²) in [6.07, 6.45) is 0. The van der Waals surface area contributed by atoms with Crippen LogP contribution < -0.4 is 5.11 Å². The van der Waals surface area contributed by atoms with Gasteiger partial charge in [-0.05, 0) is 18.6 Å². The standard InChI is InChI=1S/C11H11NO2S/c1-7-11(15-6-10(13)14)8-4-2-3-5-9(8)12-7/h2-5,11H,6H2,1H3,(H,13,14)/p-1/t11-/m0/s1. The third kappa shape index (κ3) is 2.04. The molecule has 1 aliphatic rings. The summed E-state index contributed by atoms with van der Waals surface area (Å²) in [6.45, 7) is 1.92. The van der Waals surface area contributed by atoms with Crippen molar-refractivity contribution in [1.29, 1.82) is 0 Å². The number of benzene rings is 1. The van der Waals surface area contributed by atoms with Gasteiger partial charge in [0.1, 0.15) is 0 Å². The van der Waals surface area contributed by atoms with Crippen LogP contribution in [0.15, 0.2) is 29.3 Å². The van der Waals surface area contributed by atoms with Gasteiger partial charge in [0.15, 0.2) is 0 Å². The number of aliphatic carboxylic acids is 1. The quantitative estimate of drug-likeness (QED) is 0.772. The lowest BCUT2D eigenvalue weighted by atomic mass is 10.1. The van der Waals surface area contributed by atoms with Crippen molar-refractivity contribution >= 4 is 29.1 Å². The molecule has 0 amide bonds. The van der Waals surface area contributed by atoms with E-state index in [9.17, 15) is 9.90 Å². The number of aliphatic imine (C=N–C) groups is 1. The summed E-state index contributed by atoms with van der Waals surface area (Å²) in [6, 6.07) is 7.81. The molecular weight excluding hydrogens is 210 g/mol. The lowest BCUT2D eigenvalue weighted by Crippen LogP contribution is -2.25. The van der Waals surface area contributed by atoms with Gasteiger partial charge in [-0.15, -0.1) is 11.8 Å². The number of hydrogen-bond donors (Lipinski definition) is 0. The molecule has 1 aliphatic heterocycles. The highest BCUT2D eigenvalue weighted by Gasteiger charge is 2.23. The first-order chi connectivity index (χ1) is 7.18. The van der Waals surface area contributed by atoms with Gasteiger partial charge in [0, 0.05) is 11.5 Å². The summed E-state index contributed by atoms with van der Waals surface area (Å²) in [7, 11) is 0. The summed E-state index contributed by atoms with van der Waals surface area (Å²) in [5.74, 6) is -1.02. The Morgan fingerprint density at radius 1 is 1.53 bits per heavy atom. The molecule has 0 saturated carbocycles. The van der Waals surface area contributed by atoms with Crippen molar-refractivity contribution in [3.63, 3.8) is 0 Å². The van der Waals surface area contributed by atoms with E-state index in [0.717, 1.165) is 17.0 Å². The number of para-hydroxylation sites is 1. The number of hydrogen-bond acceptors (Lipinski definition) is 4. The predicted octanol–water partition coefficient (Wildman–Crippen LogP) is 1.32. The predicted molar refractivity (Wildman–Crippen MR) is 59.4 cm³/mol. The fraction of sp³-hybridized carbons (Fsp3) is 0.273. The monoisotopic (exact) mass is 220 g/mol. The van der Waals surface area contributed by atoms with E-state index < -0.39 is 5.97 Å². The number of carbonyl (C=O) groups excluding carboxylic acids is 1. The Balaban J connectivity index is 2.20. The van der Waals surface area contributed by atoms with Crippen molar-refractivity contribution in [2.45, 2.75) is 12.2 Å². The van der Waals surface area contributed by atoms with Crippen LogP contribution in [0.5, 0.6) is 0 Å². The minimum absolute atomic E-state index is 0.00581. The van der Waals surface area contributed by atoms with E-state index in [-0.39, 0.29) is 11.0 Å². The average molecular weight is 220 g/mol. The van der Waals surface area contributed by atoms with Crippen LogP contribution in [0.2, 0.25) is 0 Å². The molecule has 1 aromatic rings. The van der Waals surface area contributed by atoms with Crippen LogP contribution in [-0.2, 0) is 4.79 Å². The van der Waals surface area contributed by atoms with E-state index in [1.807, 2.05) is 31.2 Å². The molecule has 1 atom stereocenters. The summed E-state index contributed by atoms with van der Waals surface area (Å²) in [4.78, 5) is 14.8. The molecular formula is C11H10NO2S-. The first-order valence-corrected chi connectivity index (χ1v) is 5.69. The number of fused-ring (bicyclic) bond motifs is 1. The third-order valence-electron chi connectivity index (χ3n) is 2.26. The van der Waals surface area contributed by atoms with Crippen LogP contribution in [0.25, 0.3) is 0 Å². The molecule has 0 radical (unpaired) electrons. The molecule has 0 spiro atoms. The Bertz CT molecular complexity index is 428. The summed E-state index contributed by atoms with van der Waals surface area (Å²) in [5, 5.41) is 10.5. The van der Waals surface area contributed by atoms with Gasteiger partial charge in [-0.2, -0.15) is 0 Å².